The summed E-state index contributed by atoms with van der Waals surface area (Å²) in [5.74, 6) is 0.0530. The third kappa shape index (κ3) is 9.03. The molecule has 1 fully saturated rings. The molecule has 0 spiro atoms. The fraction of sp³-hybridized carbons (Fsp3) is 0.571. The molecule has 11 heteroatoms. The first-order valence-electron chi connectivity index (χ1n) is 16.3. The number of aromatic nitrogens is 3. The SMILES string of the molecule is CC(=O)N1CC[N+](C)([I-]CCn2cc(-c3csc(CCCCC(=O)C4(CC(=O)OC(C)(C)C)Cc5ccccc5C4)n3)cn2)CC1. The number of alkyl halides is 1. The van der Waals surface area contributed by atoms with Gasteiger partial charge in [-0.25, -0.2) is 0 Å². The molecule has 0 radical (unpaired) electrons. The first-order chi connectivity index (χ1) is 21.8. The van der Waals surface area contributed by atoms with Crippen molar-refractivity contribution in [3.05, 3.63) is 58.2 Å². The number of amides is 1. The molecule has 0 unspecified atom stereocenters. The van der Waals surface area contributed by atoms with E-state index in [2.05, 4.69) is 35.9 Å². The van der Waals surface area contributed by atoms with E-state index in [1.807, 2.05) is 48.7 Å². The van der Waals surface area contributed by atoms with Gasteiger partial charge in [0.2, 0.25) is 0 Å². The number of likely N-dealkylation sites (N-methyl/N-ethyl adjacent to an activating group) is 1. The first-order valence-corrected chi connectivity index (χ1v) is 19.7. The van der Waals surface area contributed by atoms with E-state index in [1.54, 1.807) is 18.3 Å². The number of ether oxygens (including phenoxy) is 1. The molecule has 0 saturated carbocycles. The van der Waals surface area contributed by atoms with Gasteiger partial charge in [-0.2, -0.15) is 0 Å². The van der Waals surface area contributed by atoms with E-state index in [0.717, 1.165) is 75.4 Å². The van der Waals surface area contributed by atoms with Crippen molar-refractivity contribution in [1.82, 2.24) is 19.7 Å². The van der Waals surface area contributed by atoms with Crippen molar-refractivity contribution in [3.63, 3.8) is 0 Å². The monoisotopic (exact) mass is 761 g/mol. The molecule has 9 nitrogen and oxygen atoms in total. The van der Waals surface area contributed by atoms with Crippen molar-refractivity contribution in [3.8, 4) is 11.3 Å². The van der Waals surface area contributed by atoms with Crippen molar-refractivity contribution >= 4 is 29.0 Å². The average Bonchev–Trinajstić information content (AvgIpc) is 3.73. The van der Waals surface area contributed by atoms with Crippen LogP contribution in [0.5, 0.6) is 0 Å². The van der Waals surface area contributed by atoms with Crippen LogP contribution in [-0.4, -0.2) is 83.3 Å². The number of carbonyl (C=O) groups excluding carboxylic acids is 3. The minimum absolute atomic E-state index is 0.0522. The summed E-state index contributed by atoms with van der Waals surface area (Å²) in [6.07, 6.45) is 8.26. The number of fused-ring (bicyclic) bond motifs is 1. The number of aryl methyl sites for hydroxylation is 2. The summed E-state index contributed by atoms with van der Waals surface area (Å²) in [6, 6.07) is 8.16. The van der Waals surface area contributed by atoms with Gasteiger partial charge in [-0.15, -0.1) is 0 Å². The topological polar surface area (TPSA) is 94.4 Å². The van der Waals surface area contributed by atoms with Crippen molar-refractivity contribution in [2.45, 2.75) is 84.8 Å². The minimum atomic E-state index is -0.716. The molecular formula is C35H48IN5O4S. The molecule has 1 amide bonds. The Hall–Kier alpha value is -2.64. The predicted molar refractivity (Wildman–Crippen MR) is 176 cm³/mol. The van der Waals surface area contributed by atoms with E-state index in [0.29, 0.717) is 19.3 Å². The average molecular weight is 762 g/mol. The standard InChI is InChI=1S/C35H48IN5O4S/c1-26(42)39-16-18-41(5,19-17-39)36-14-15-40-24-29(23-37-40)30-25-46-32(38-30)13-9-8-12-31(43)35(22-33(44)45-34(2,3)4)20-27-10-6-7-11-28(27)21-35/h6-7,10-11,23-25H,8-9,12-22H2,1-5H3. The molecular weight excluding hydrogens is 713 g/mol. The van der Waals surface area contributed by atoms with Gasteiger partial charge < -0.3 is 4.74 Å². The molecule has 46 heavy (non-hydrogen) atoms. The Bertz CT molecular complexity index is 1510. The van der Waals surface area contributed by atoms with Gasteiger partial charge in [0.25, 0.3) is 0 Å². The second-order valence-corrected chi connectivity index (χ2v) is 19.0. The number of hydrogen-bond acceptors (Lipinski definition) is 7. The maximum absolute atomic E-state index is 13.7. The van der Waals surface area contributed by atoms with Crippen LogP contribution in [0, 0.1) is 5.41 Å². The zero-order valence-electron chi connectivity index (χ0n) is 27.9. The van der Waals surface area contributed by atoms with E-state index in [4.69, 9.17) is 9.72 Å². The van der Waals surface area contributed by atoms with Crippen LogP contribution < -0.4 is 21.5 Å². The number of piperazine rings is 1. The number of unbranched alkanes of at least 4 members (excludes halogenated alkanes) is 1. The summed E-state index contributed by atoms with van der Waals surface area (Å²) in [5, 5.41) is 7.77. The Morgan fingerprint density at radius 2 is 1.78 bits per heavy atom. The first kappa shape index (κ1) is 34.7. The van der Waals surface area contributed by atoms with Gasteiger partial charge in [-0.05, 0) is 44.7 Å². The third-order valence-electron chi connectivity index (χ3n) is 9.00. The van der Waals surface area contributed by atoms with Gasteiger partial charge in [-0.3, -0.25) is 9.59 Å². The number of Topliss-reactive ketones (excluding diaryl/α,β-unsaturated/α-hetero) is 1. The number of quaternary nitrogens is 1. The number of hydrogen-bond donors (Lipinski definition) is 0. The van der Waals surface area contributed by atoms with E-state index < -0.39 is 11.0 Å². The Labute approximate surface area is 287 Å². The van der Waals surface area contributed by atoms with E-state index in [1.165, 1.54) is 11.1 Å². The number of thiazole rings is 1. The molecule has 2 aliphatic rings. The van der Waals surface area contributed by atoms with Gasteiger partial charge in [0.05, 0.1) is 6.42 Å². The van der Waals surface area contributed by atoms with Gasteiger partial charge in [0.1, 0.15) is 11.4 Å². The van der Waals surface area contributed by atoms with Gasteiger partial charge >= 0.3 is 183 Å². The summed E-state index contributed by atoms with van der Waals surface area (Å²) in [6.45, 7) is 12.0. The Morgan fingerprint density at radius 3 is 2.43 bits per heavy atom. The Morgan fingerprint density at radius 1 is 1.09 bits per heavy atom. The van der Waals surface area contributed by atoms with Crippen LogP contribution in [0.2, 0.25) is 0 Å². The second-order valence-electron chi connectivity index (χ2n) is 13.9. The van der Waals surface area contributed by atoms with E-state index >= 15 is 0 Å². The molecule has 0 bridgehead atoms. The zero-order valence-corrected chi connectivity index (χ0v) is 30.9. The molecule has 250 valence electrons. The van der Waals surface area contributed by atoms with Crippen LogP contribution in [0.15, 0.2) is 42.0 Å². The number of rotatable bonds is 13. The molecule has 1 aromatic carbocycles. The fourth-order valence-electron chi connectivity index (χ4n) is 6.42. The molecule has 3 heterocycles. The van der Waals surface area contributed by atoms with Crippen LogP contribution in [0.1, 0.15) is 69.5 Å². The molecule has 1 saturated heterocycles. The van der Waals surface area contributed by atoms with Crippen molar-refractivity contribution in [2.24, 2.45) is 5.41 Å². The Kier molecular flexibility index (Phi) is 11.0. The predicted octanol–water partition coefficient (Wildman–Crippen LogP) is 2.12. The number of ketones is 1. The van der Waals surface area contributed by atoms with Crippen LogP contribution in [0.3, 0.4) is 0 Å². The number of esters is 1. The van der Waals surface area contributed by atoms with Gasteiger partial charge in [0.15, 0.2) is 0 Å². The maximum atomic E-state index is 13.7. The number of nitrogens with zero attached hydrogens (tertiary/aromatic N) is 5. The zero-order chi connectivity index (χ0) is 33.0. The molecule has 1 aliphatic heterocycles. The third-order valence-corrected chi connectivity index (χ3v) is 13.5. The van der Waals surface area contributed by atoms with Crippen LogP contribution in [0.4, 0.5) is 0 Å². The number of benzene rings is 1. The van der Waals surface area contributed by atoms with E-state index in [9.17, 15) is 14.4 Å². The molecule has 0 N–H and O–H groups in total. The molecule has 0 atom stereocenters. The summed E-state index contributed by atoms with van der Waals surface area (Å²) in [7, 11) is 2.34. The molecule has 3 aromatic rings. The number of carbonyl (C=O) groups is 3. The quantitative estimate of drug-likeness (QED) is 0.0872. The van der Waals surface area contributed by atoms with Crippen LogP contribution in [-0.2, 0) is 44.9 Å². The molecule has 5 rings (SSSR count). The normalized spacial score (nSPS) is 17.2. The van der Waals surface area contributed by atoms with Gasteiger partial charge in [0, 0.05) is 5.41 Å². The summed E-state index contributed by atoms with van der Waals surface area (Å²) >= 11 is 1.61. The summed E-state index contributed by atoms with van der Waals surface area (Å²) in [4.78, 5) is 45.1. The van der Waals surface area contributed by atoms with Gasteiger partial charge in [-0.1, -0.05) is 24.3 Å². The summed E-state index contributed by atoms with van der Waals surface area (Å²) in [5.41, 5.74) is 3.03. The van der Waals surface area contributed by atoms with E-state index in [-0.39, 0.29) is 45.6 Å². The van der Waals surface area contributed by atoms with Crippen LogP contribution in [0.25, 0.3) is 11.3 Å². The molecule has 1 aliphatic carbocycles. The molecule has 2 aromatic heterocycles. The van der Waals surface area contributed by atoms with Crippen molar-refractivity contribution in [1.29, 1.82) is 0 Å². The summed E-state index contributed by atoms with van der Waals surface area (Å²) < 4.78 is 9.92. The van der Waals surface area contributed by atoms with Crippen molar-refractivity contribution < 1.29 is 43.3 Å². The fourth-order valence-corrected chi connectivity index (χ4v) is 10.3. The van der Waals surface area contributed by atoms with Crippen molar-refractivity contribution in [2.75, 3.05) is 37.7 Å². The second kappa shape index (κ2) is 14.6. The number of halogens is 1. The Balaban J connectivity index is 1.08. The van der Waals surface area contributed by atoms with Crippen LogP contribution >= 0.6 is 11.3 Å².